The zero-order valence-corrected chi connectivity index (χ0v) is 15.7. The summed E-state index contributed by atoms with van der Waals surface area (Å²) in [5, 5.41) is 5.81. The van der Waals surface area contributed by atoms with Crippen LogP contribution < -0.4 is 10.6 Å². The molecule has 2 N–H and O–H groups in total. The highest BCUT2D eigenvalue weighted by Crippen LogP contribution is 2.27. The first-order valence-electron chi connectivity index (χ1n) is 8.80. The Balaban J connectivity index is 2.03. The fraction of sp³-hybridized carbons (Fsp3) is 0.421. The third-order valence-electron chi connectivity index (χ3n) is 3.79. The average molecular weight is 376 g/mol. The summed E-state index contributed by atoms with van der Waals surface area (Å²) in [4.78, 5) is 35.9. The summed E-state index contributed by atoms with van der Waals surface area (Å²) in [7, 11) is 0. The maximum atomic E-state index is 12.4. The first-order valence-corrected chi connectivity index (χ1v) is 8.80. The quantitative estimate of drug-likeness (QED) is 0.646. The summed E-state index contributed by atoms with van der Waals surface area (Å²) in [6.07, 6.45) is 0. The van der Waals surface area contributed by atoms with Crippen LogP contribution in [0, 0.1) is 0 Å². The molecule has 0 unspecified atom stereocenters. The van der Waals surface area contributed by atoms with Crippen LogP contribution in [0.3, 0.4) is 0 Å². The molecule has 0 aliphatic rings. The molecular weight excluding hydrogens is 352 g/mol. The second-order valence-electron chi connectivity index (χ2n) is 5.80. The maximum absolute atomic E-state index is 12.4. The molecule has 0 saturated heterocycles. The monoisotopic (exact) mass is 376 g/mol. The Hall–Kier alpha value is -2.87. The van der Waals surface area contributed by atoms with Gasteiger partial charge in [0.1, 0.15) is 11.6 Å². The van der Waals surface area contributed by atoms with Gasteiger partial charge >= 0.3 is 5.97 Å². The van der Waals surface area contributed by atoms with Gasteiger partial charge in [-0.25, -0.2) is 4.79 Å². The van der Waals surface area contributed by atoms with E-state index >= 15 is 0 Å². The van der Waals surface area contributed by atoms with Crippen LogP contribution in [0.1, 0.15) is 36.9 Å². The molecule has 0 saturated carbocycles. The van der Waals surface area contributed by atoms with Crippen LogP contribution in [0.2, 0.25) is 0 Å². The van der Waals surface area contributed by atoms with E-state index in [1.807, 2.05) is 19.1 Å². The Bertz CT molecular complexity index is 814. The number of benzene rings is 1. The number of rotatable bonds is 9. The van der Waals surface area contributed by atoms with Gasteiger partial charge in [-0.15, -0.1) is 0 Å². The fourth-order valence-corrected chi connectivity index (χ4v) is 2.48. The van der Waals surface area contributed by atoms with E-state index in [-0.39, 0.29) is 18.3 Å². The number of hydrogen-bond acceptors (Lipinski definition) is 6. The molecule has 2 amide bonds. The fourth-order valence-electron chi connectivity index (χ4n) is 2.48. The number of ether oxygens (including phenoxy) is 2. The minimum atomic E-state index is -0.762. The minimum absolute atomic E-state index is 0.00854. The topological polar surface area (TPSA) is 107 Å². The molecule has 0 aliphatic carbocycles. The molecule has 0 bridgehead atoms. The van der Waals surface area contributed by atoms with Crippen LogP contribution in [-0.4, -0.2) is 43.6 Å². The lowest BCUT2D eigenvalue weighted by Crippen LogP contribution is -2.46. The molecule has 0 spiro atoms. The molecule has 1 aromatic heterocycles. The second-order valence-corrected chi connectivity index (χ2v) is 5.80. The Kier molecular flexibility index (Phi) is 7.36. The number of nitrogens with one attached hydrogen (secondary N) is 2. The summed E-state index contributed by atoms with van der Waals surface area (Å²) in [5.41, 5.74) is 1.11. The molecule has 0 aliphatic heterocycles. The number of furan rings is 1. The van der Waals surface area contributed by atoms with E-state index in [9.17, 15) is 14.4 Å². The summed E-state index contributed by atoms with van der Waals surface area (Å²) >= 11 is 0. The van der Waals surface area contributed by atoms with Crippen LogP contribution >= 0.6 is 0 Å². The zero-order chi connectivity index (χ0) is 19.8. The number of para-hydroxylation sites is 1. The highest BCUT2D eigenvalue weighted by atomic mass is 16.5. The van der Waals surface area contributed by atoms with Crippen LogP contribution in [-0.2, 0) is 25.7 Å². The molecule has 8 heteroatoms. The summed E-state index contributed by atoms with van der Waals surface area (Å²) in [6.45, 7) is 5.79. The second kappa shape index (κ2) is 9.72. The largest absolute Gasteiger partial charge is 0.450 e. The van der Waals surface area contributed by atoms with Gasteiger partial charge in [-0.2, -0.15) is 0 Å². The smallest absolute Gasteiger partial charge is 0.375 e. The average Bonchev–Trinajstić information content (AvgIpc) is 3.03. The lowest BCUT2D eigenvalue weighted by molar-refractivity contribution is -0.130. The predicted octanol–water partition coefficient (Wildman–Crippen LogP) is 1.77. The number of carbonyl (C=O) groups excluding carboxylic acids is 3. The van der Waals surface area contributed by atoms with E-state index < -0.39 is 24.5 Å². The number of carbonyl (C=O) groups is 3. The first-order chi connectivity index (χ1) is 13.0. The van der Waals surface area contributed by atoms with Crippen molar-refractivity contribution in [1.29, 1.82) is 0 Å². The van der Waals surface area contributed by atoms with Crippen molar-refractivity contribution in [3.05, 3.63) is 35.6 Å². The third-order valence-corrected chi connectivity index (χ3v) is 3.79. The number of amides is 2. The van der Waals surface area contributed by atoms with E-state index in [0.29, 0.717) is 24.3 Å². The van der Waals surface area contributed by atoms with Crippen molar-refractivity contribution in [3.8, 4) is 0 Å². The van der Waals surface area contributed by atoms with Crippen molar-refractivity contribution in [1.82, 2.24) is 10.6 Å². The van der Waals surface area contributed by atoms with Crippen molar-refractivity contribution < 1.29 is 28.3 Å². The highest BCUT2D eigenvalue weighted by molar-refractivity contribution is 5.97. The van der Waals surface area contributed by atoms with Crippen LogP contribution in [0.15, 0.2) is 28.7 Å². The SMILES string of the molecule is CCNC(=O)[C@H](C)NC(=O)COC(=O)c1oc2ccccc2c1COCC. The van der Waals surface area contributed by atoms with Gasteiger partial charge in [0.2, 0.25) is 11.7 Å². The molecule has 0 fully saturated rings. The van der Waals surface area contributed by atoms with Gasteiger partial charge in [-0.3, -0.25) is 9.59 Å². The lowest BCUT2D eigenvalue weighted by atomic mass is 10.1. The Morgan fingerprint density at radius 1 is 1.19 bits per heavy atom. The van der Waals surface area contributed by atoms with Crippen LogP contribution in [0.4, 0.5) is 0 Å². The minimum Gasteiger partial charge on any atom is -0.450 e. The summed E-state index contributed by atoms with van der Waals surface area (Å²) in [5.74, 6) is -1.64. The normalized spacial score (nSPS) is 11.8. The molecule has 1 heterocycles. The Morgan fingerprint density at radius 2 is 1.93 bits per heavy atom. The van der Waals surface area contributed by atoms with E-state index in [1.165, 1.54) is 0 Å². The number of esters is 1. The molecule has 2 rings (SSSR count). The molecule has 1 atom stereocenters. The van der Waals surface area contributed by atoms with Crippen molar-refractivity contribution in [2.75, 3.05) is 19.8 Å². The maximum Gasteiger partial charge on any atom is 0.375 e. The highest BCUT2D eigenvalue weighted by Gasteiger charge is 2.23. The van der Waals surface area contributed by atoms with E-state index in [2.05, 4.69) is 10.6 Å². The lowest BCUT2D eigenvalue weighted by Gasteiger charge is -2.13. The predicted molar refractivity (Wildman–Crippen MR) is 98.1 cm³/mol. The van der Waals surface area contributed by atoms with Gasteiger partial charge in [-0.1, -0.05) is 18.2 Å². The van der Waals surface area contributed by atoms with Crippen LogP contribution in [0.25, 0.3) is 11.0 Å². The number of fused-ring (bicyclic) bond motifs is 1. The van der Waals surface area contributed by atoms with E-state index in [4.69, 9.17) is 13.9 Å². The van der Waals surface area contributed by atoms with Gasteiger partial charge in [0.05, 0.1) is 6.61 Å². The standard InChI is InChI=1S/C19H24N2O6/c1-4-20-18(23)12(3)21-16(22)11-26-19(24)17-14(10-25-5-2)13-8-6-7-9-15(13)27-17/h6-9,12H,4-5,10-11H2,1-3H3,(H,20,23)(H,21,22)/t12-/m0/s1. The molecule has 8 nitrogen and oxygen atoms in total. The molecule has 146 valence electrons. The summed E-state index contributed by atoms with van der Waals surface area (Å²) in [6, 6.07) is 6.46. The molecule has 0 radical (unpaired) electrons. The van der Waals surface area contributed by atoms with E-state index in [1.54, 1.807) is 26.0 Å². The number of hydrogen-bond donors (Lipinski definition) is 2. The zero-order valence-electron chi connectivity index (χ0n) is 15.7. The number of likely N-dealkylation sites (N-methyl/N-ethyl adjacent to an activating group) is 1. The van der Waals surface area contributed by atoms with Gasteiger partial charge in [0.15, 0.2) is 6.61 Å². The molecule has 2 aromatic rings. The summed E-state index contributed by atoms with van der Waals surface area (Å²) < 4.78 is 16.1. The first kappa shape index (κ1) is 20.4. The van der Waals surface area contributed by atoms with Gasteiger partial charge in [-0.05, 0) is 26.8 Å². The molecule has 27 heavy (non-hydrogen) atoms. The third kappa shape index (κ3) is 5.30. The van der Waals surface area contributed by atoms with Crippen molar-refractivity contribution in [2.45, 2.75) is 33.4 Å². The van der Waals surface area contributed by atoms with Crippen molar-refractivity contribution >= 4 is 28.8 Å². The van der Waals surface area contributed by atoms with Gasteiger partial charge in [0, 0.05) is 24.1 Å². The van der Waals surface area contributed by atoms with Crippen molar-refractivity contribution in [3.63, 3.8) is 0 Å². The molecule has 1 aromatic carbocycles. The van der Waals surface area contributed by atoms with E-state index in [0.717, 1.165) is 5.39 Å². The molecular formula is C19H24N2O6. The Labute approximate surface area is 157 Å². The van der Waals surface area contributed by atoms with Gasteiger partial charge in [0.25, 0.3) is 5.91 Å². The Morgan fingerprint density at radius 3 is 2.63 bits per heavy atom. The van der Waals surface area contributed by atoms with Crippen molar-refractivity contribution in [2.24, 2.45) is 0 Å². The van der Waals surface area contributed by atoms with Crippen LogP contribution in [0.5, 0.6) is 0 Å². The van der Waals surface area contributed by atoms with Gasteiger partial charge < -0.3 is 24.5 Å².